The molecule has 1 rings (SSSR count). The van der Waals surface area contributed by atoms with E-state index in [1.807, 2.05) is 0 Å². The predicted molar refractivity (Wildman–Crippen MR) is 28.3 cm³/mol. The van der Waals surface area contributed by atoms with E-state index in [1.54, 1.807) is 11.7 Å². The Morgan fingerprint density at radius 1 is 1.50 bits per heavy atom. The zero-order valence-electron chi connectivity index (χ0n) is 3.90. The average Bonchev–Trinajstić information content (AvgIpc) is 2.12. The lowest BCUT2D eigenvalue weighted by atomic mass is 10.8. The van der Waals surface area contributed by atoms with Crippen LogP contribution in [-0.2, 0) is 9.13 Å². The van der Waals surface area contributed by atoms with E-state index < -0.39 is 15.5 Å². The normalized spacial score (nSPS) is 9.00. The summed E-state index contributed by atoms with van der Waals surface area (Å²) in [6.07, 6.45) is 1.40. The van der Waals surface area contributed by atoms with Gasteiger partial charge in [0, 0.05) is 0 Å². The van der Waals surface area contributed by atoms with E-state index in [4.69, 9.17) is 0 Å². The molecule has 0 aromatic carbocycles. The van der Waals surface area contributed by atoms with E-state index in [9.17, 15) is 9.13 Å². The Bertz CT molecular complexity index is 217. The Morgan fingerprint density at radius 2 is 2.25 bits per heavy atom. The fraction of sp³-hybridized carbons (Fsp3) is 0. The maximum atomic E-state index is 10.1. The molecule has 0 amide bonds. The summed E-state index contributed by atoms with van der Waals surface area (Å²) in [4.78, 5) is 0. The van der Waals surface area contributed by atoms with Crippen LogP contribution >= 0.6 is 7.23 Å². The summed E-state index contributed by atoms with van der Waals surface area (Å²) < 4.78 is 24.9. The quantitative estimate of drug-likeness (QED) is 0.442. The molecule has 3 nitrogen and oxygen atoms in total. The zero-order valence-corrected chi connectivity index (χ0v) is 5.80. The third-order valence-corrected chi connectivity index (χ3v) is 3.74. The molecule has 0 radical (unpaired) electrons. The monoisotopic (exact) mass is 146 g/mol. The molecule has 0 unspecified atom stereocenters. The van der Waals surface area contributed by atoms with E-state index in [0.717, 1.165) is 0 Å². The molecule has 0 aliphatic rings. The third kappa shape index (κ3) is 1.02. The molecule has 0 N–H and O–H groups in total. The lowest BCUT2D eigenvalue weighted by molar-refractivity contribution is 0.522. The Morgan fingerprint density at radius 3 is 2.50 bits per heavy atom. The molecule has 5 heteroatoms. The molecule has 0 aliphatic carbocycles. The van der Waals surface area contributed by atoms with E-state index in [2.05, 4.69) is 4.10 Å². The SMILES string of the molecule is O=P(=O)[si]1ccco1. The molecule has 1 aromatic heterocycles. The lowest BCUT2D eigenvalue weighted by Crippen LogP contribution is -1.71. The number of rotatable bonds is 1. The number of hydrogen-bond acceptors (Lipinski definition) is 3. The second kappa shape index (κ2) is 2.20. The largest absolute Gasteiger partial charge is 0.511 e. The van der Waals surface area contributed by atoms with Crippen molar-refractivity contribution < 1.29 is 13.2 Å². The predicted octanol–water partition coefficient (Wildman–Crippen LogP) is 1.24. The van der Waals surface area contributed by atoms with Crippen LogP contribution in [0.15, 0.2) is 22.1 Å². The van der Waals surface area contributed by atoms with Crippen LogP contribution in [0.1, 0.15) is 0 Å². The molecule has 0 saturated heterocycles. The highest BCUT2D eigenvalue weighted by Gasteiger charge is 2.01. The van der Waals surface area contributed by atoms with Crippen molar-refractivity contribution in [3.8, 4) is 0 Å². The van der Waals surface area contributed by atoms with Crippen molar-refractivity contribution in [1.82, 2.24) is 0 Å². The molecule has 0 aliphatic heterocycles. The molecule has 0 bridgehead atoms. The molecule has 0 saturated carbocycles. The first-order valence-corrected chi connectivity index (χ1v) is 5.49. The molecule has 42 valence electrons. The minimum Gasteiger partial charge on any atom is -0.511 e. The molecule has 1 aromatic rings. The van der Waals surface area contributed by atoms with Gasteiger partial charge in [0.25, 0.3) is 0 Å². The Hall–Kier alpha value is -0.473. The van der Waals surface area contributed by atoms with Gasteiger partial charge in [-0.3, -0.25) is 0 Å². The zero-order chi connectivity index (χ0) is 5.98. The highest BCUT2D eigenvalue weighted by atomic mass is 31.4. The summed E-state index contributed by atoms with van der Waals surface area (Å²) in [6.45, 7) is 0. The Labute approximate surface area is 47.7 Å². The maximum absolute atomic E-state index is 10.1. The van der Waals surface area contributed by atoms with Gasteiger partial charge in [0.1, 0.15) is 0 Å². The van der Waals surface area contributed by atoms with Crippen molar-refractivity contribution in [2.24, 2.45) is 0 Å². The first-order valence-electron chi connectivity index (χ1n) is 1.98. The maximum Gasteiger partial charge on any atom is 0.392 e. The van der Waals surface area contributed by atoms with Crippen LogP contribution in [0.2, 0.25) is 0 Å². The molecule has 0 atom stereocenters. The standard InChI is InChI=1S/C3H3O3PSi/c4-7(5)8-3-1-2-6-8/h1-3H. The van der Waals surface area contributed by atoms with Gasteiger partial charge in [0.15, 0.2) is 0 Å². The topological polar surface area (TPSA) is 47.3 Å². The summed E-state index contributed by atoms with van der Waals surface area (Å²) in [5.41, 5.74) is 1.58. The lowest BCUT2D eigenvalue weighted by Gasteiger charge is -1.66. The molecular formula is C3H3O3PSi. The molecule has 0 fully saturated rings. The van der Waals surface area contributed by atoms with Gasteiger partial charge in [-0.2, -0.15) is 0 Å². The van der Waals surface area contributed by atoms with Crippen molar-refractivity contribution in [2.45, 2.75) is 0 Å². The molecule has 0 spiro atoms. The minimum atomic E-state index is -2.34. The van der Waals surface area contributed by atoms with E-state index in [1.165, 1.54) is 6.26 Å². The highest BCUT2D eigenvalue weighted by Crippen LogP contribution is 2.05. The van der Waals surface area contributed by atoms with E-state index in [0.29, 0.717) is 0 Å². The van der Waals surface area contributed by atoms with Crippen molar-refractivity contribution in [3.63, 3.8) is 0 Å². The van der Waals surface area contributed by atoms with Gasteiger partial charge >= 0.3 is 15.5 Å². The fourth-order valence-electron chi connectivity index (χ4n) is 0.374. The molecule has 1 heterocycles. The summed E-state index contributed by atoms with van der Waals surface area (Å²) in [7, 11) is -3.95. The van der Waals surface area contributed by atoms with Gasteiger partial charge in [0.05, 0.1) is 6.26 Å². The second-order valence-corrected chi connectivity index (χ2v) is 5.39. The summed E-state index contributed by atoms with van der Waals surface area (Å²) in [5.74, 6) is 0. The van der Waals surface area contributed by atoms with Gasteiger partial charge in [0.2, 0.25) is 0 Å². The Balaban J connectivity index is 3.11. The smallest absolute Gasteiger partial charge is 0.392 e. The van der Waals surface area contributed by atoms with Gasteiger partial charge < -0.3 is 4.10 Å². The number of hydrogen-bond donors (Lipinski definition) is 0. The van der Waals surface area contributed by atoms with E-state index in [-0.39, 0.29) is 0 Å². The Kier molecular flexibility index (Phi) is 1.55. The highest BCUT2D eigenvalue weighted by molar-refractivity contribution is 7.67. The van der Waals surface area contributed by atoms with Crippen LogP contribution in [0.3, 0.4) is 0 Å². The van der Waals surface area contributed by atoms with Gasteiger partial charge in [-0.15, -0.1) is 0 Å². The van der Waals surface area contributed by atoms with Crippen molar-refractivity contribution >= 4 is 15.5 Å². The second-order valence-electron chi connectivity index (χ2n) is 1.21. The van der Waals surface area contributed by atoms with Gasteiger partial charge in [-0.25, -0.2) is 9.13 Å². The summed E-state index contributed by atoms with van der Waals surface area (Å²) in [6, 6.07) is 1.61. The fourth-order valence-corrected chi connectivity index (χ4v) is 2.19. The van der Waals surface area contributed by atoms with Crippen LogP contribution in [0.4, 0.5) is 0 Å². The van der Waals surface area contributed by atoms with Crippen LogP contribution < -0.4 is 0 Å². The summed E-state index contributed by atoms with van der Waals surface area (Å²) >= 11 is 0. The molecule has 8 heavy (non-hydrogen) atoms. The van der Waals surface area contributed by atoms with Crippen LogP contribution in [0.5, 0.6) is 0 Å². The van der Waals surface area contributed by atoms with Crippen molar-refractivity contribution in [3.05, 3.63) is 18.0 Å². The molecular weight excluding hydrogens is 143 g/mol. The van der Waals surface area contributed by atoms with Crippen molar-refractivity contribution in [1.29, 1.82) is 0 Å². The van der Waals surface area contributed by atoms with Crippen molar-refractivity contribution in [2.75, 3.05) is 0 Å². The first-order chi connectivity index (χ1) is 3.80. The third-order valence-electron chi connectivity index (χ3n) is 0.686. The minimum absolute atomic E-state index is 1.40. The average molecular weight is 146 g/mol. The first kappa shape index (κ1) is 5.66. The van der Waals surface area contributed by atoms with Crippen LogP contribution in [0.25, 0.3) is 0 Å². The van der Waals surface area contributed by atoms with Crippen LogP contribution in [-0.4, -0.2) is 8.32 Å². The van der Waals surface area contributed by atoms with E-state index >= 15 is 0 Å². The van der Waals surface area contributed by atoms with Crippen LogP contribution in [0, 0.1) is 0 Å². The van der Waals surface area contributed by atoms with Gasteiger partial charge in [-0.1, -0.05) is 0 Å². The van der Waals surface area contributed by atoms with Gasteiger partial charge in [-0.05, 0) is 11.7 Å². The summed E-state index contributed by atoms with van der Waals surface area (Å²) in [5, 5.41) is 0.